The predicted molar refractivity (Wildman–Crippen MR) is 79.4 cm³/mol. The molecule has 1 unspecified atom stereocenters. The van der Waals surface area contributed by atoms with Crippen molar-refractivity contribution in [2.75, 3.05) is 6.54 Å². The molecule has 1 aliphatic heterocycles. The van der Waals surface area contributed by atoms with E-state index in [2.05, 4.69) is 49.0 Å². The Morgan fingerprint density at radius 2 is 2.16 bits per heavy atom. The van der Waals surface area contributed by atoms with E-state index in [1.165, 1.54) is 36.2 Å². The summed E-state index contributed by atoms with van der Waals surface area (Å²) in [5.41, 5.74) is 3.77. The van der Waals surface area contributed by atoms with Crippen LogP contribution in [0.1, 0.15) is 56.5 Å². The summed E-state index contributed by atoms with van der Waals surface area (Å²) in [6.07, 6.45) is 3.80. The topological polar surface area (TPSA) is 29.9 Å². The molecular formula is C16H23N3. The van der Waals surface area contributed by atoms with E-state index in [0.29, 0.717) is 12.0 Å². The summed E-state index contributed by atoms with van der Waals surface area (Å²) in [5.74, 6) is 1.76. The first kappa shape index (κ1) is 12.7. The highest BCUT2D eigenvalue weighted by atomic mass is 15.1. The Morgan fingerprint density at radius 1 is 1.32 bits per heavy atom. The first-order chi connectivity index (χ1) is 9.16. The Balaban J connectivity index is 2.04. The van der Waals surface area contributed by atoms with Gasteiger partial charge in [0.1, 0.15) is 5.82 Å². The van der Waals surface area contributed by atoms with Gasteiger partial charge in [-0.25, -0.2) is 4.98 Å². The Labute approximate surface area is 115 Å². The molecule has 0 aliphatic carbocycles. The molecule has 0 radical (unpaired) electrons. The molecule has 102 valence electrons. The van der Waals surface area contributed by atoms with Gasteiger partial charge in [0, 0.05) is 7.05 Å². The van der Waals surface area contributed by atoms with Gasteiger partial charge in [-0.15, -0.1) is 0 Å². The van der Waals surface area contributed by atoms with Gasteiger partial charge in [-0.3, -0.25) is 0 Å². The fraction of sp³-hybridized carbons (Fsp3) is 0.562. The van der Waals surface area contributed by atoms with Gasteiger partial charge < -0.3 is 9.88 Å². The highest BCUT2D eigenvalue weighted by molar-refractivity contribution is 5.77. The lowest BCUT2D eigenvalue weighted by atomic mass is 10.0. The normalized spacial score (nSPS) is 20.3. The quantitative estimate of drug-likeness (QED) is 0.892. The Bertz CT molecular complexity index is 577. The molecule has 0 saturated carbocycles. The van der Waals surface area contributed by atoms with Crippen LogP contribution < -0.4 is 5.32 Å². The zero-order chi connectivity index (χ0) is 13.4. The number of nitrogens with zero attached hydrogens (tertiary/aromatic N) is 2. The van der Waals surface area contributed by atoms with Gasteiger partial charge in [0.2, 0.25) is 0 Å². The van der Waals surface area contributed by atoms with E-state index in [1.54, 1.807) is 0 Å². The molecule has 1 fully saturated rings. The Hall–Kier alpha value is -1.35. The van der Waals surface area contributed by atoms with Crippen LogP contribution in [0.2, 0.25) is 0 Å². The number of imidazole rings is 1. The molecule has 0 spiro atoms. The minimum absolute atomic E-state index is 0.425. The molecule has 0 amide bonds. The van der Waals surface area contributed by atoms with Crippen LogP contribution >= 0.6 is 0 Å². The number of hydrogen-bond acceptors (Lipinski definition) is 2. The molecule has 1 aliphatic rings. The van der Waals surface area contributed by atoms with Crippen molar-refractivity contribution in [1.82, 2.24) is 14.9 Å². The van der Waals surface area contributed by atoms with E-state index >= 15 is 0 Å². The molecule has 2 aromatic rings. The lowest BCUT2D eigenvalue weighted by Gasteiger charge is -2.22. The van der Waals surface area contributed by atoms with Crippen molar-refractivity contribution in [2.24, 2.45) is 7.05 Å². The second-order valence-electron chi connectivity index (χ2n) is 5.93. The van der Waals surface area contributed by atoms with E-state index in [4.69, 9.17) is 4.98 Å². The van der Waals surface area contributed by atoms with Gasteiger partial charge in [0.05, 0.1) is 17.1 Å². The van der Waals surface area contributed by atoms with E-state index in [1.807, 2.05) is 0 Å². The average Bonchev–Trinajstić information content (AvgIpc) is 2.77. The van der Waals surface area contributed by atoms with Crippen molar-refractivity contribution in [1.29, 1.82) is 0 Å². The van der Waals surface area contributed by atoms with Gasteiger partial charge in [0.25, 0.3) is 0 Å². The van der Waals surface area contributed by atoms with E-state index in [0.717, 1.165) is 12.1 Å². The van der Waals surface area contributed by atoms with E-state index < -0.39 is 0 Å². The molecule has 1 N–H and O–H groups in total. The number of piperidine rings is 1. The summed E-state index contributed by atoms with van der Waals surface area (Å²) in [5, 5.41) is 3.59. The smallest absolute Gasteiger partial charge is 0.126 e. The van der Waals surface area contributed by atoms with Crippen molar-refractivity contribution < 1.29 is 0 Å². The van der Waals surface area contributed by atoms with Crippen LogP contribution in [-0.2, 0) is 7.05 Å². The number of hydrogen-bond donors (Lipinski definition) is 1. The van der Waals surface area contributed by atoms with Crippen molar-refractivity contribution in [3.8, 4) is 0 Å². The molecule has 3 nitrogen and oxygen atoms in total. The highest BCUT2D eigenvalue weighted by Crippen LogP contribution is 2.27. The zero-order valence-corrected chi connectivity index (χ0v) is 12.1. The molecule has 19 heavy (non-hydrogen) atoms. The van der Waals surface area contributed by atoms with E-state index in [9.17, 15) is 0 Å². The monoisotopic (exact) mass is 257 g/mol. The lowest BCUT2D eigenvalue weighted by molar-refractivity contribution is 0.392. The van der Waals surface area contributed by atoms with Crippen molar-refractivity contribution in [2.45, 2.75) is 45.1 Å². The highest BCUT2D eigenvalue weighted by Gasteiger charge is 2.20. The molecule has 2 heterocycles. The van der Waals surface area contributed by atoms with Gasteiger partial charge in [-0.2, -0.15) is 0 Å². The maximum Gasteiger partial charge on any atom is 0.126 e. The van der Waals surface area contributed by atoms with Crippen LogP contribution in [0.15, 0.2) is 18.2 Å². The predicted octanol–water partition coefficient (Wildman–Crippen LogP) is 3.51. The van der Waals surface area contributed by atoms with Crippen LogP contribution in [0.25, 0.3) is 11.0 Å². The molecule has 1 aromatic carbocycles. The fourth-order valence-corrected chi connectivity index (χ4v) is 2.97. The second kappa shape index (κ2) is 4.97. The number of rotatable bonds is 2. The number of fused-ring (bicyclic) bond motifs is 1. The third-order valence-corrected chi connectivity index (χ3v) is 4.23. The minimum Gasteiger partial charge on any atom is -0.330 e. The van der Waals surface area contributed by atoms with Crippen LogP contribution in [-0.4, -0.2) is 16.1 Å². The van der Waals surface area contributed by atoms with Crippen molar-refractivity contribution in [3.63, 3.8) is 0 Å². The second-order valence-corrected chi connectivity index (χ2v) is 5.93. The van der Waals surface area contributed by atoms with Gasteiger partial charge in [0.15, 0.2) is 0 Å². The first-order valence-corrected chi connectivity index (χ1v) is 7.36. The number of benzene rings is 1. The van der Waals surface area contributed by atoms with Crippen LogP contribution in [0.3, 0.4) is 0 Å². The van der Waals surface area contributed by atoms with Gasteiger partial charge in [-0.05, 0) is 43.0 Å². The summed E-state index contributed by atoms with van der Waals surface area (Å²) in [7, 11) is 2.14. The number of nitrogens with one attached hydrogen (secondary N) is 1. The molecule has 3 rings (SSSR count). The van der Waals surface area contributed by atoms with E-state index in [-0.39, 0.29) is 0 Å². The maximum absolute atomic E-state index is 4.84. The SMILES string of the molecule is CC(C)c1ccc2nc(C3CCCCN3)n(C)c2c1. The first-order valence-electron chi connectivity index (χ1n) is 7.36. The summed E-state index contributed by atoms with van der Waals surface area (Å²) < 4.78 is 2.27. The van der Waals surface area contributed by atoms with Gasteiger partial charge in [-0.1, -0.05) is 26.3 Å². The van der Waals surface area contributed by atoms with Crippen molar-refractivity contribution >= 4 is 11.0 Å². The van der Waals surface area contributed by atoms with Gasteiger partial charge >= 0.3 is 0 Å². The van der Waals surface area contributed by atoms with Crippen LogP contribution in [0, 0.1) is 0 Å². The largest absolute Gasteiger partial charge is 0.330 e. The standard InChI is InChI=1S/C16H23N3/c1-11(2)12-7-8-13-15(10-12)19(3)16(18-13)14-6-4-5-9-17-14/h7-8,10-11,14,17H,4-6,9H2,1-3H3. The molecule has 1 aromatic heterocycles. The Morgan fingerprint density at radius 3 is 2.84 bits per heavy atom. The minimum atomic E-state index is 0.425. The summed E-state index contributed by atoms with van der Waals surface area (Å²) >= 11 is 0. The lowest BCUT2D eigenvalue weighted by Crippen LogP contribution is -2.28. The summed E-state index contributed by atoms with van der Waals surface area (Å²) in [6, 6.07) is 7.09. The average molecular weight is 257 g/mol. The third-order valence-electron chi connectivity index (χ3n) is 4.23. The molecule has 1 saturated heterocycles. The Kier molecular flexibility index (Phi) is 3.31. The number of aromatic nitrogens is 2. The van der Waals surface area contributed by atoms with Crippen LogP contribution in [0.5, 0.6) is 0 Å². The molecule has 0 bridgehead atoms. The fourth-order valence-electron chi connectivity index (χ4n) is 2.97. The van der Waals surface area contributed by atoms with Crippen LogP contribution in [0.4, 0.5) is 0 Å². The summed E-state index contributed by atoms with van der Waals surface area (Å²) in [4.78, 5) is 4.84. The zero-order valence-electron chi connectivity index (χ0n) is 12.1. The molecule has 3 heteroatoms. The number of aryl methyl sites for hydroxylation is 1. The summed E-state index contributed by atoms with van der Waals surface area (Å²) in [6.45, 7) is 5.59. The maximum atomic E-state index is 4.84. The van der Waals surface area contributed by atoms with Crippen molar-refractivity contribution in [3.05, 3.63) is 29.6 Å². The third kappa shape index (κ3) is 2.27. The molecule has 1 atom stereocenters. The molecular weight excluding hydrogens is 234 g/mol.